The van der Waals surface area contributed by atoms with Crippen LogP contribution in [0, 0.1) is 5.41 Å². The summed E-state index contributed by atoms with van der Waals surface area (Å²) in [5.41, 5.74) is 0.646. The number of hydrogen-bond acceptors (Lipinski definition) is 4. The molecule has 1 unspecified atom stereocenters. The molecule has 1 aromatic rings. The van der Waals surface area contributed by atoms with E-state index < -0.39 is 0 Å². The zero-order chi connectivity index (χ0) is 11.0. The number of nitrogens with one attached hydrogen (secondary N) is 2. The minimum absolute atomic E-state index is 0.557. The number of anilines is 1. The Morgan fingerprint density at radius 2 is 2.19 bits per heavy atom. The fourth-order valence-electron chi connectivity index (χ4n) is 2.35. The molecule has 2 aliphatic rings. The minimum Gasteiger partial charge on any atom is -0.353 e. The smallest absolute Gasteiger partial charge is 0.222 e. The molecule has 4 nitrogen and oxygen atoms in total. The molecule has 1 aromatic heterocycles. The average molecular weight is 239 g/mol. The molecule has 0 bridgehead atoms. The van der Waals surface area contributed by atoms with Gasteiger partial charge in [0.1, 0.15) is 0 Å². The monoisotopic (exact) mass is 238 g/mol. The van der Waals surface area contributed by atoms with E-state index in [4.69, 9.17) is 11.6 Å². The molecular weight excluding hydrogens is 224 g/mol. The van der Waals surface area contributed by atoms with Gasteiger partial charge in [0.2, 0.25) is 5.95 Å². The summed E-state index contributed by atoms with van der Waals surface area (Å²) < 4.78 is 0. The van der Waals surface area contributed by atoms with Gasteiger partial charge in [0.05, 0.1) is 17.4 Å². The van der Waals surface area contributed by atoms with Crippen molar-refractivity contribution in [3.8, 4) is 0 Å². The van der Waals surface area contributed by atoms with E-state index in [9.17, 15) is 0 Å². The molecule has 1 saturated heterocycles. The predicted molar refractivity (Wildman–Crippen MR) is 63.6 cm³/mol. The van der Waals surface area contributed by atoms with Crippen molar-refractivity contribution in [2.24, 2.45) is 5.41 Å². The Bertz CT molecular complexity index is 374. The molecule has 5 heteroatoms. The van der Waals surface area contributed by atoms with Crippen LogP contribution in [0.15, 0.2) is 12.4 Å². The van der Waals surface area contributed by atoms with Gasteiger partial charge in [0.15, 0.2) is 0 Å². The molecule has 2 heterocycles. The summed E-state index contributed by atoms with van der Waals surface area (Å²) in [5.74, 6) is 0.656. The van der Waals surface area contributed by atoms with Crippen molar-refractivity contribution in [3.63, 3.8) is 0 Å². The number of aromatic nitrogens is 2. The summed E-state index contributed by atoms with van der Waals surface area (Å²) in [6, 6.07) is 0.557. The number of hydrogen-bond donors (Lipinski definition) is 2. The predicted octanol–water partition coefficient (Wildman–Crippen LogP) is 1.68. The van der Waals surface area contributed by atoms with Crippen molar-refractivity contribution in [2.75, 3.05) is 18.4 Å². The van der Waals surface area contributed by atoms with Gasteiger partial charge < -0.3 is 10.6 Å². The first-order chi connectivity index (χ1) is 7.76. The largest absolute Gasteiger partial charge is 0.353 e. The van der Waals surface area contributed by atoms with E-state index in [0.717, 1.165) is 6.54 Å². The van der Waals surface area contributed by atoms with Gasteiger partial charge in [-0.3, -0.25) is 0 Å². The lowest BCUT2D eigenvalue weighted by Crippen LogP contribution is -2.29. The quantitative estimate of drug-likeness (QED) is 0.842. The van der Waals surface area contributed by atoms with Crippen LogP contribution < -0.4 is 10.6 Å². The van der Waals surface area contributed by atoms with Gasteiger partial charge in [-0.05, 0) is 24.7 Å². The normalized spacial score (nSPS) is 25.9. The number of halogens is 1. The highest BCUT2D eigenvalue weighted by Gasteiger charge is 2.47. The highest BCUT2D eigenvalue weighted by molar-refractivity contribution is 6.30. The summed E-state index contributed by atoms with van der Waals surface area (Å²) in [4.78, 5) is 8.22. The van der Waals surface area contributed by atoms with Crippen molar-refractivity contribution in [1.29, 1.82) is 0 Å². The third-order valence-electron chi connectivity index (χ3n) is 3.53. The lowest BCUT2D eigenvalue weighted by atomic mass is 10.0. The van der Waals surface area contributed by atoms with Crippen LogP contribution in [0.1, 0.15) is 19.3 Å². The zero-order valence-corrected chi connectivity index (χ0v) is 9.80. The van der Waals surface area contributed by atoms with Crippen LogP contribution in [0.5, 0.6) is 0 Å². The van der Waals surface area contributed by atoms with E-state index in [1.54, 1.807) is 12.4 Å². The lowest BCUT2D eigenvalue weighted by molar-refractivity contribution is 0.550. The fraction of sp³-hybridized carbons (Fsp3) is 0.636. The average Bonchev–Trinajstić information content (AvgIpc) is 2.91. The molecule has 86 valence electrons. The first kappa shape index (κ1) is 10.3. The van der Waals surface area contributed by atoms with E-state index in [0.29, 0.717) is 22.4 Å². The molecule has 1 atom stereocenters. The minimum atomic E-state index is 0.557. The van der Waals surface area contributed by atoms with Gasteiger partial charge >= 0.3 is 0 Å². The van der Waals surface area contributed by atoms with Crippen LogP contribution in [0.3, 0.4) is 0 Å². The van der Waals surface area contributed by atoms with E-state index in [1.807, 2.05) is 0 Å². The molecule has 0 radical (unpaired) electrons. The van der Waals surface area contributed by atoms with Crippen LogP contribution in [0.2, 0.25) is 5.02 Å². The molecule has 1 aliphatic carbocycles. The summed E-state index contributed by atoms with van der Waals surface area (Å²) in [6.45, 7) is 2.07. The Hall–Kier alpha value is -0.870. The van der Waals surface area contributed by atoms with E-state index in [2.05, 4.69) is 20.6 Å². The van der Waals surface area contributed by atoms with Crippen molar-refractivity contribution in [3.05, 3.63) is 17.4 Å². The molecule has 0 amide bonds. The van der Waals surface area contributed by atoms with Crippen LogP contribution >= 0.6 is 11.6 Å². The maximum Gasteiger partial charge on any atom is 0.222 e. The maximum absolute atomic E-state index is 5.72. The van der Waals surface area contributed by atoms with Gasteiger partial charge in [0.25, 0.3) is 0 Å². The number of rotatable bonds is 3. The van der Waals surface area contributed by atoms with Gasteiger partial charge in [-0.25, -0.2) is 9.97 Å². The molecule has 3 rings (SSSR count). The number of nitrogens with zero attached hydrogens (tertiary/aromatic N) is 2. The van der Waals surface area contributed by atoms with Gasteiger partial charge in [-0.2, -0.15) is 0 Å². The summed E-state index contributed by atoms with van der Waals surface area (Å²) >= 11 is 5.72. The third kappa shape index (κ3) is 2.13. The Morgan fingerprint density at radius 3 is 2.81 bits per heavy atom. The molecule has 2 fully saturated rings. The van der Waals surface area contributed by atoms with Crippen LogP contribution in [0.4, 0.5) is 5.95 Å². The molecule has 16 heavy (non-hydrogen) atoms. The summed E-state index contributed by atoms with van der Waals surface area (Å²) in [5, 5.41) is 7.35. The van der Waals surface area contributed by atoms with E-state index in [1.165, 1.54) is 25.8 Å². The fourth-order valence-corrected chi connectivity index (χ4v) is 2.45. The van der Waals surface area contributed by atoms with E-state index in [-0.39, 0.29) is 0 Å². The van der Waals surface area contributed by atoms with Crippen molar-refractivity contribution in [1.82, 2.24) is 15.3 Å². The van der Waals surface area contributed by atoms with Crippen LogP contribution in [-0.4, -0.2) is 29.1 Å². The molecule has 0 aromatic carbocycles. The van der Waals surface area contributed by atoms with Crippen molar-refractivity contribution in [2.45, 2.75) is 25.3 Å². The van der Waals surface area contributed by atoms with Gasteiger partial charge in [0, 0.05) is 19.1 Å². The van der Waals surface area contributed by atoms with E-state index >= 15 is 0 Å². The Balaban J connectivity index is 1.51. The molecule has 1 saturated carbocycles. The molecule has 1 spiro atoms. The lowest BCUT2D eigenvalue weighted by Gasteiger charge is -2.11. The summed E-state index contributed by atoms with van der Waals surface area (Å²) in [6.07, 6.45) is 7.30. The van der Waals surface area contributed by atoms with Crippen molar-refractivity contribution < 1.29 is 0 Å². The topological polar surface area (TPSA) is 49.8 Å². The molecule has 2 N–H and O–H groups in total. The highest BCUT2D eigenvalue weighted by atomic mass is 35.5. The molecule has 1 aliphatic heterocycles. The zero-order valence-electron chi connectivity index (χ0n) is 9.04. The van der Waals surface area contributed by atoms with Crippen LogP contribution in [-0.2, 0) is 0 Å². The first-order valence-electron chi connectivity index (χ1n) is 5.71. The first-order valence-corrected chi connectivity index (χ1v) is 6.08. The Kier molecular flexibility index (Phi) is 2.48. The van der Waals surface area contributed by atoms with Gasteiger partial charge in [-0.1, -0.05) is 11.6 Å². The SMILES string of the molecule is Clc1cnc(NCC2CC3(CC3)CN2)nc1. The second-order valence-electron chi connectivity index (χ2n) is 4.89. The maximum atomic E-state index is 5.72. The highest BCUT2D eigenvalue weighted by Crippen LogP contribution is 2.51. The second kappa shape index (κ2) is 3.86. The molecular formula is C11H15ClN4. The second-order valence-corrected chi connectivity index (χ2v) is 5.32. The van der Waals surface area contributed by atoms with Crippen LogP contribution in [0.25, 0.3) is 0 Å². The Labute approximate surface area is 99.8 Å². The summed E-state index contributed by atoms with van der Waals surface area (Å²) in [7, 11) is 0. The third-order valence-corrected chi connectivity index (χ3v) is 3.72. The standard InChI is InChI=1S/C11H15ClN4/c12-8-4-13-10(14-5-8)15-6-9-3-11(1-2-11)7-16-9/h4-5,9,16H,1-3,6-7H2,(H,13,14,15). The Morgan fingerprint density at radius 1 is 1.44 bits per heavy atom. The van der Waals surface area contributed by atoms with Gasteiger partial charge in [-0.15, -0.1) is 0 Å². The van der Waals surface area contributed by atoms with Crippen molar-refractivity contribution >= 4 is 17.5 Å².